The van der Waals surface area contributed by atoms with E-state index in [9.17, 15) is 9.59 Å². The van der Waals surface area contributed by atoms with Gasteiger partial charge in [0.15, 0.2) is 0 Å². The van der Waals surface area contributed by atoms with Crippen LogP contribution in [0.4, 0.5) is 9.59 Å². The number of hydrogen-bond donors (Lipinski definition) is 3. The van der Waals surface area contributed by atoms with Crippen LogP contribution in [0.15, 0.2) is 0 Å². The summed E-state index contributed by atoms with van der Waals surface area (Å²) in [4.78, 5) is 21.0. The van der Waals surface area contributed by atoms with Gasteiger partial charge in [0.1, 0.15) is 6.61 Å². The Hall–Kier alpha value is -1.46. The Bertz CT molecular complexity index is 203. The first-order valence-corrected chi connectivity index (χ1v) is 4.15. The van der Waals surface area contributed by atoms with Crippen molar-refractivity contribution in [3.8, 4) is 0 Å². The molecule has 13 heavy (non-hydrogen) atoms. The van der Waals surface area contributed by atoms with Crippen molar-refractivity contribution >= 4 is 12.1 Å². The van der Waals surface area contributed by atoms with Gasteiger partial charge in [0, 0.05) is 6.04 Å². The van der Waals surface area contributed by atoms with Gasteiger partial charge in [0.05, 0.1) is 6.54 Å². The molecule has 1 saturated carbocycles. The van der Waals surface area contributed by atoms with E-state index in [2.05, 4.69) is 15.4 Å². The summed E-state index contributed by atoms with van der Waals surface area (Å²) >= 11 is 0. The maximum atomic E-state index is 10.9. The van der Waals surface area contributed by atoms with Gasteiger partial charge in [-0.25, -0.2) is 9.59 Å². The molecule has 4 N–H and O–H groups in total. The number of amides is 3. The molecule has 1 rings (SSSR count). The molecule has 0 bridgehead atoms. The second-order valence-corrected chi connectivity index (χ2v) is 2.84. The van der Waals surface area contributed by atoms with Gasteiger partial charge in [0.2, 0.25) is 0 Å². The number of nitrogens with one attached hydrogen (secondary N) is 2. The Labute approximate surface area is 75.8 Å². The molecule has 0 aromatic heterocycles. The van der Waals surface area contributed by atoms with Gasteiger partial charge in [-0.05, 0) is 12.8 Å². The molecule has 3 amide bonds. The van der Waals surface area contributed by atoms with Crippen molar-refractivity contribution in [2.75, 3.05) is 13.2 Å². The highest BCUT2D eigenvalue weighted by atomic mass is 16.5. The first-order chi connectivity index (χ1) is 6.18. The van der Waals surface area contributed by atoms with E-state index in [1.165, 1.54) is 0 Å². The van der Waals surface area contributed by atoms with Gasteiger partial charge in [-0.1, -0.05) is 0 Å². The topological polar surface area (TPSA) is 93.5 Å². The van der Waals surface area contributed by atoms with Gasteiger partial charge in [-0.2, -0.15) is 0 Å². The van der Waals surface area contributed by atoms with Gasteiger partial charge in [-0.15, -0.1) is 0 Å². The summed E-state index contributed by atoms with van der Waals surface area (Å²) in [6, 6.07) is 0.104. The van der Waals surface area contributed by atoms with E-state index in [0.29, 0.717) is 6.04 Å². The highest BCUT2D eigenvalue weighted by Crippen LogP contribution is 2.17. The third-order valence-electron chi connectivity index (χ3n) is 1.54. The fourth-order valence-electron chi connectivity index (χ4n) is 0.780. The molecule has 6 nitrogen and oxygen atoms in total. The maximum Gasteiger partial charge on any atom is 0.404 e. The molecule has 0 aromatic carbocycles. The Morgan fingerprint density at radius 1 is 1.46 bits per heavy atom. The SMILES string of the molecule is NC(=O)OCCNC(=O)NC1CC1. The summed E-state index contributed by atoms with van der Waals surface area (Å²) < 4.78 is 4.41. The molecule has 1 aliphatic carbocycles. The average Bonchev–Trinajstić information content (AvgIpc) is 2.81. The van der Waals surface area contributed by atoms with Crippen molar-refractivity contribution in [1.29, 1.82) is 0 Å². The molecule has 1 fully saturated rings. The molecule has 0 aromatic rings. The fraction of sp³-hybridized carbons (Fsp3) is 0.714. The smallest absolute Gasteiger partial charge is 0.404 e. The molecular weight excluding hydrogens is 174 g/mol. The van der Waals surface area contributed by atoms with Crippen LogP contribution >= 0.6 is 0 Å². The zero-order valence-corrected chi connectivity index (χ0v) is 7.21. The van der Waals surface area contributed by atoms with Crippen LogP contribution in [-0.4, -0.2) is 31.3 Å². The highest BCUT2D eigenvalue weighted by molar-refractivity contribution is 5.74. The zero-order valence-electron chi connectivity index (χ0n) is 7.21. The second-order valence-electron chi connectivity index (χ2n) is 2.84. The Morgan fingerprint density at radius 3 is 2.69 bits per heavy atom. The second kappa shape index (κ2) is 4.54. The standard InChI is InChI=1S/C7H13N3O3/c8-6(11)13-4-3-9-7(12)10-5-1-2-5/h5H,1-4H2,(H2,8,11)(H2,9,10,12). The Kier molecular flexibility index (Phi) is 3.36. The van der Waals surface area contributed by atoms with E-state index in [1.54, 1.807) is 0 Å². The number of rotatable bonds is 4. The van der Waals surface area contributed by atoms with Crippen LogP contribution < -0.4 is 16.4 Å². The Morgan fingerprint density at radius 2 is 2.15 bits per heavy atom. The van der Waals surface area contributed by atoms with Crippen LogP contribution in [0.25, 0.3) is 0 Å². The first-order valence-electron chi connectivity index (χ1n) is 4.15. The normalized spacial score (nSPS) is 14.8. The minimum atomic E-state index is -0.829. The maximum absolute atomic E-state index is 10.9. The van der Waals surface area contributed by atoms with E-state index in [4.69, 9.17) is 5.73 Å². The molecule has 0 atom stereocenters. The number of primary amides is 1. The predicted octanol–water partition coefficient (Wildman–Crippen LogP) is -0.457. The number of nitrogens with two attached hydrogens (primary N) is 1. The van der Waals surface area contributed by atoms with Crippen LogP contribution in [0.2, 0.25) is 0 Å². The van der Waals surface area contributed by atoms with Crippen LogP contribution in [0.5, 0.6) is 0 Å². The highest BCUT2D eigenvalue weighted by Gasteiger charge is 2.22. The zero-order chi connectivity index (χ0) is 9.68. The molecular formula is C7H13N3O3. The summed E-state index contributed by atoms with van der Waals surface area (Å²) in [5, 5.41) is 5.25. The van der Waals surface area contributed by atoms with Gasteiger partial charge < -0.3 is 21.1 Å². The number of carbonyl (C=O) groups excluding carboxylic acids is 2. The van der Waals surface area contributed by atoms with Crippen molar-refractivity contribution in [2.45, 2.75) is 18.9 Å². The van der Waals surface area contributed by atoms with Crippen molar-refractivity contribution < 1.29 is 14.3 Å². The monoisotopic (exact) mass is 187 g/mol. The minimum absolute atomic E-state index is 0.105. The first kappa shape index (κ1) is 9.63. The number of carbonyl (C=O) groups is 2. The molecule has 74 valence electrons. The van der Waals surface area contributed by atoms with Crippen molar-refractivity contribution in [2.24, 2.45) is 5.73 Å². The van der Waals surface area contributed by atoms with Crippen LogP contribution in [-0.2, 0) is 4.74 Å². The summed E-state index contributed by atoms with van der Waals surface area (Å²) in [5.74, 6) is 0. The third-order valence-corrected chi connectivity index (χ3v) is 1.54. The lowest BCUT2D eigenvalue weighted by Crippen LogP contribution is -2.38. The van der Waals surface area contributed by atoms with Crippen LogP contribution in [0, 0.1) is 0 Å². The average molecular weight is 187 g/mol. The van der Waals surface area contributed by atoms with Gasteiger partial charge in [0.25, 0.3) is 0 Å². The molecule has 0 heterocycles. The molecule has 0 spiro atoms. The van der Waals surface area contributed by atoms with E-state index in [0.717, 1.165) is 12.8 Å². The Balaban J connectivity index is 1.91. The largest absolute Gasteiger partial charge is 0.448 e. The molecule has 1 aliphatic rings. The van der Waals surface area contributed by atoms with Crippen molar-refractivity contribution in [3.63, 3.8) is 0 Å². The molecule has 6 heteroatoms. The predicted molar refractivity (Wildman–Crippen MR) is 45.1 cm³/mol. The fourth-order valence-corrected chi connectivity index (χ4v) is 0.780. The number of ether oxygens (including phenoxy) is 1. The molecule has 0 saturated heterocycles. The molecule has 0 aliphatic heterocycles. The summed E-state index contributed by atoms with van der Waals surface area (Å²) in [5.41, 5.74) is 4.71. The van der Waals surface area contributed by atoms with Crippen molar-refractivity contribution in [1.82, 2.24) is 10.6 Å². The summed E-state index contributed by atoms with van der Waals surface area (Å²) in [7, 11) is 0. The van der Waals surface area contributed by atoms with E-state index < -0.39 is 6.09 Å². The van der Waals surface area contributed by atoms with Crippen LogP contribution in [0.3, 0.4) is 0 Å². The molecule has 0 unspecified atom stereocenters. The van der Waals surface area contributed by atoms with Crippen LogP contribution in [0.1, 0.15) is 12.8 Å². The molecule has 0 radical (unpaired) electrons. The number of hydrogen-bond acceptors (Lipinski definition) is 3. The third kappa shape index (κ3) is 4.89. The van der Waals surface area contributed by atoms with Gasteiger partial charge >= 0.3 is 12.1 Å². The summed E-state index contributed by atoms with van der Waals surface area (Å²) in [6.45, 7) is 0.384. The minimum Gasteiger partial charge on any atom is -0.448 e. The lowest BCUT2D eigenvalue weighted by molar-refractivity contribution is 0.157. The quantitative estimate of drug-likeness (QED) is 0.520. The van der Waals surface area contributed by atoms with E-state index in [-0.39, 0.29) is 19.2 Å². The lowest BCUT2D eigenvalue weighted by Gasteiger charge is -2.05. The van der Waals surface area contributed by atoms with Crippen molar-refractivity contribution in [3.05, 3.63) is 0 Å². The van der Waals surface area contributed by atoms with Gasteiger partial charge in [-0.3, -0.25) is 0 Å². The van der Waals surface area contributed by atoms with E-state index >= 15 is 0 Å². The lowest BCUT2D eigenvalue weighted by atomic mass is 10.6. The number of urea groups is 1. The summed E-state index contributed by atoms with van der Waals surface area (Å²) in [6.07, 6.45) is 1.26. The van der Waals surface area contributed by atoms with E-state index in [1.807, 2.05) is 0 Å².